The van der Waals surface area contributed by atoms with Crippen LogP contribution in [0.25, 0.3) is 42.2 Å². The van der Waals surface area contributed by atoms with Gasteiger partial charge in [0.1, 0.15) is 0 Å². The molecule has 1 nitrogen and oxygen atoms in total. The summed E-state index contributed by atoms with van der Waals surface area (Å²) in [6, 6.07) is 35.0. The van der Waals surface area contributed by atoms with E-state index in [2.05, 4.69) is 118 Å². The van der Waals surface area contributed by atoms with Gasteiger partial charge in [-0.2, -0.15) is 0 Å². The summed E-state index contributed by atoms with van der Waals surface area (Å²) >= 11 is 0.302. The zero-order chi connectivity index (χ0) is 21.4. The standard InChI is InChI=1S/C29H25NSe/c1-29(2,3)24-14-12-21(13-15-24)28-19-26-27(31-28)17-16-25(30-26)23-11-7-10-22(18-23)20-8-5-4-6-9-20/h4-19H,1-3H3. The molecule has 0 bridgehead atoms. The summed E-state index contributed by atoms with van der Waals surface area (Å²) in [5.74, 6) is 0. The summed E-state index contributed by atoms with van der Waals surface area (Å²) < 4.78 is 2.77. The van der Waals surface area contributed by atoms with Crippen LogP contribution in [0.2, 0.25) is 0 Å². The fourth-order valence-corrected chi connectivity index (χ4v) is 5.96. The zero-order valence-electron chi connectivity index (χ0n) is 18.1. The Morgan fingerprint density at radius 2 is 1.32 bits per heavy atom. The van der Waals surface area contributed by atoms with Gasteiger partial charge in [-0.05, 0) is 0 Å². The Morgan fingerprint density at radius 1 is 0.613 bits per heavy atom. The van der Waals surface area contributed by atoms with Crippen molar-refractivity contribution in [2.45, 2.75) is 26.2 Å². The van der Waals surface area contributed by atoms with Crippen molar-refractivity contribution in [3.8, 4) is 32.4 Å². The van der Waals surface area contributed by atoms with Gasteiger partial charge in [0, 0.05) is 0 Å². The topological polar surface area (TPSA) is 12.9 Å². The van der Waals surface area contributed by atoms with Gasteiger partial charge in [0.05, 0.1) is 0 Å². The fraction of sp³-hybridized carbons (Fsp3) is 0.138. The Hall–Kier alpha value is -2.93. The van der Waals surface area contributed by atoms with Crippen LogP contribution >= 0.6 is 0 Å². The number of hydrogen-bond donors (Lipinski definition) is 0. The van der Waals surface area contributed by atoms with E-state index in [-0.39, 0.29) is 5.41 Å². The monoisotopic (exact) mass is 467 g/mol. The van der Waals surface area contributed by atoms with E-state index in [0.717, 1.165) is 16.8 Å². The number of pyridine rings is 1. The van der Waals surface area contributed by atoms with E-state index in [1.807, 2.05) is 0 Å². The predicted octanol–water partition coefficient (Wildman–Crippen LogP) is 7.59. The summed E-state index contributed by atoms with van der Waals surface area (Å²) in [7, 11) is 0. The van der Waals surface area contributed by atoms with Crippen molar-refractivity contribution in [1.82, 2.24) is 4.98 Å². The third-order valence-electron chi connectivity index (χ3n) is 5.67. The van der Waals surface area contributed by atoms with Crippen molar-refractivity contribution in [3.63, 3.8) is 0 Å². The summed E-state index contributed by atoms with van der Waals surface area (Å²) in [6.45, 7) is 6.78. The molecule has 0 saturated carbocycles. The number of benzene rings is 3. The molecular weight excluding hydrogens is 441 g/mol. The molecule has 0 aliphatic carbocycles. The van der Waals surface area contributed by atoms with Gasteiger partial charge >= 0.3 is 190 Å². The molecule has 0 saturated heterocycles. The Labute approximate surface area is 190 Å². The number of fused-ring (bicyclic) bond motifs is 1. The van der Waals surface area contributed by atoms with Crippen LogP contribution in [0.4, 0.5) is 0 Å². The third kappa shape index (κ3) is 4.14. The minimum atomic E-state index is 0.182. The molecule has 2 heteroatoms. The molecule has 152 valence electrons. The van der Waals surface area contributed by atoms with E-state index < -0.39 is 0 Å². The molecule has 0 aliphatic heterocycles. The van der Waals surface area contributed by atoms with Crippen LogP contribution in [-0.4, -0.2) is 19.5 Å². The average Bonchev–Trinajstić information content (AvgIpc) is 3.23. The molecule has 0 amide bonds. The van der Waals surface area contributed by atoms with Gasteiger partial charge in [0.15, 0.2) is 0 Å². The van der Waals surface area contributed by atoms with Gasteiger partial charge in [0.2, 0.25) is 0 Å². The van der Waals surface area contributed by atoms with E-state index in [9.17, 15) is 0 Å². The second kappa shape index (κ2) is 7.96. The molecule has 0 atom stereocenters. The SMILES string of the molecule is CC(C)(C)c1ccc(-c2cc3nc(-c4cccc(-c5ccccc5)c4)ccc3[se]2)cc1. The maximum absolute atomic E-state index is 5.03. The minimum absolute atomic E-state index is 0.182. The second-order valence-electron chi connectivity index (χ2n) is 8.96. The quantitative estimate of drug-likeness (QED) is 0.250. The van der Waals surface area contributed by atoms with Gasteiger partial charge in [-0.1, -0.05) is 0 Å². The molecule has 2 aromatic heterocycles. The molecule has 0 unspecified atom stereocenters. The Morgan fingerprint density at radius 3 is 2.06 bits per heavy atom. The van der Waals surface area contributed by atoms with Gasteiger partial charge in [0.25, 0.3) is 0 Å². The summed E-state index contributed by atoms with van der Waals surface area (Å²) in [4.78, 5) is 5.03. The number of aromatic nitrogens is 1. The van der Waals surface area contributed by atoms with Crippen LogP contribution < -0.4 is 0 Å². The first-order valence-electron chi connectivity index (χ1n) is 10.6. The van der Waals surface area contributed by atoms with E-state index in [1.165, 1.54) is 31.0 Å². The van der Waals surface area contributed by atoms with Crippen molar-refractivity contribution >= 4 is 24.3 Å². The van der Waals surface area contributed by atoms with Crippen LogP contribution in [0.5, 0.6) is 0 Å². The molecule has 0 spiro atoms. The van der Waals surface area contributed by atoms with Crippen LogP contribution in [0.1, 0.15) is 26.3 Å². The zero-order valence-corrected chi connectivity index (χ0v) is 19.8. The molecule has 0 fully saturated rings. The van der Waals surface area contributed by atoms with Crippen LogP contribution in [0.3, 0.4) is 0 Å². The van der Waals surface area contributed by atoms with E-state index >= 15 is 0 Å². The number of nitrogens with zero attached hydrogens (tertiary/aromatic N) is 1. The van der Waals surface area contributed by atoms with Crippen molar-refractivity contribution in [3.05, 3.63) is 103 Å². The second-order valence-corrected chi connectivity index (χ2v) is 11.2. The van der Waals surface area contributed by atoms with Gasteiger partial charge in [-0.25, -0.2) is 0 Å². The summed E-state index contributed by atoms with van der Waals surface area (Å²) in [5.41, 5.74) is 8.65. The first kappa shape index (κ1) is 20.0. The normalized spacial score (nSPS) is 11.7. The maximum atomic E-state index is 5.03. The van der Waals surface area contributed by atoms with Gasteiger partial charge < -0.3 is 0 Å². The van der Waals surface area contributed by atoms with Crippen molar-refractivity contribution < 1.29 is 0 Å². The van der Waals surface area contributed by atoms with Crippen LogP contribution in [0.15, 0.2) is 97.1 Å². The Bertz CT molecular complexity index is 1340. The summed E-state index contributed by atoms with van der Waals surface area (Å²) in [6.07, 6.45) is 0. The molecule has 0 radical (unpaired) electrons. The predicted molar refractivity (Wildman–Crippen MR) is 134 cm³/mol. The van der Waals surface area contributed by atoms with Crippen molar-refractivity contribution in [2.75, 3.05) is 0 Å². The molecule has 5 aromatic rings. The van der Waals surface area contributed by atoms with Crippen molar-refractivity contribution in [2.24, 2.45) is 0 Å². The van der Waals surface area contributed by atoms with Crippen LogP contribution in [0, 0.1) is 0 Å². The molecule has 31 heavy (non-hydrogen) atoms. The van der Waals surface area contributed by atoms with E-state index in [1.54, 1.807) is 0 Å². The van der Waals surface area contributed by atoms with E-state index in [4.69, 9.17) is 4.98 Å². The fourth-order valence-electron chi connectivity index (χ4n) is 3.85. The molecule has 3 aromatic carbocycles. The number of hydrogen-bond acceptors (Lipinski definition) is 1. The van der Waals surface area contributed by atoms with Crippen molar-refractivity contribution in [1.29, 1.82) is 0 Å². The first-order chi connectivity index (χ1) is 15.0. The molecule has 0 aliphatic rings. The van der Waals surface area contributed by atoms with Gasteiger partial charge in [-0.3, -0.25) is 0 Å². The average molecular weight is 466 g/mol. The Balaban J connectivity index is 1.49. The van der Waals surface area contributed by atoms with Gasteiger partial charge in [-0.15, -0.1) is 0 Å². The first-order valence-corrected chi connectivity index (χ1v) is 12.4. The summed E-state index contributed by atoms with van der Waals surface area (Å²) in [5, 5.41) is 0. The number of rotatable bonds is 3. The van der Waals surface area contributed by atoms with Crippen LogP contribution in [-0.2, 0) is 5.41 Å². The molecule has 5 rings (SSSR count). The van der Waals surface area contributed by atoms with E-state index in [0.29, 0.717) is 14.5 Å². The Kier molecular flexibility index (Phi) is 5.14. The molecule has 0 N–H and O–H groups in total. The molecular formula is C29H25NSe. The molecule has 2 heterocycles. The third-order valence-corrected chi connectivity index (χ3v) is 8.06.